The lowest BCUT2D eigenvalue weighted by Crippen LogP contribution is -2.26. The van der Waals surface area contributed by atoms with Gasteiger partial charge in [0.25, 0.3) is 0 Å². The highest BCUT2D eigenvalue weighted by molar-refractivity contribution is 7.53. The van der Waals surface area contributed by atoms with Crippen molar-refractivity contribution in [3.8, 4) is 0 Å². The van der Waals surface area contributed by atoms with Crippen molar-refractivity contribution in [1.82, 2.24) is 0 Å². The molecule has 74 valence electrons. The molecule has 0 spiro atoms. The molecule has 0 fully saturated rings. The Bertz CT molecular complexity index is 173. The molecule has 5 nitrogen and oxygen atoms in total. The van der Waals surface area contributed by atoms with Crippen LogP contribution in [0.3, 0.4) is 0 Å². The van der Waals surface area contributed by atoms with Crippen LogP contribution in [-0.2, 0) is 14.0 Å². The molecule has 0 atom stereocenters. The second-order valence-electron chi connectivity index (χ2n) is 2.83. The summed E-state index contributed by atoms with van der Waals surface area (Å²) in [6.45, 7) is 3.20. The van der Waals surface area contributed by atoms with E-state index in [0.717, 1.165) is 0 Å². The van der Waals surface area contributed by atoms with Gasteiger partial charge in [-0.05, 0) is 13.8 Å². The zero-order chi connectivity index (χ0) is 9.83. The van der Waals surface area contributed by atoms with Gasteiger partial charge in [-0.3, -0.25) is 4.57 Å². The number of ether oxygens (including phenoxy) is 2. The minimum absolute atomic E-state index is 0.175. The van der Waals surface area contributed by atoms with Crippen molar-refractivity contribution in [3.05, 3.63) is 0 Å². The molecule has 6 heteroatoms. The van der Waals surface area contributed by atoms with Gasteiger partial charge in [-0.15, -0.1) is 0 Å². The van der Waals surface area contributed by atoms with Crippen LogP contribution in [0.15, 0.2) is 0 Å². The Balaban J connectivity index is 3.97. The van der Waals surface area contributed by atoms with Gasteiger partial charge >= 0.3 is 7.60 Å². The standard InChI is InChI=1S/C6H15O5P/c1-6(2,12(7,8)9)11-5-4-10-3/h4-5H2,1-3H3,(H2,7,8,9). The summed E-state index contributed by atoms with van der Waals surface area (Å²) in [6.07, 6.45) is 0. The van der Waals surface area contributed by atoms with E-state index in [-0.39, 0.29) is 6.61 Å². The van der Waals surface area contributed by atoms with Gasteiger partial charge < -0.3 is 19.3 Å². The Labute approximate surface area is 71.8 Å². The molecule has 0 aromatic carbocycles. The summed E-state index contributed by atoms with van der Waals surface area (Å²) in [5, 5.41) is -1.43. The van der Waals surface area contributed by atoms with E-state index in [9.17, 15) is 4.57 Å². The summed E-state index contributed by atoms with van der Waals surface area (Å²) in [6, 6.07) is 0. The monoisotopic (exact) mass is 198 g/mol. The second kappa shape index (κ2) is 4.35. The van der Waals surface area contributed by atoms with Gasteiger partial charge in [-0.1, -0.05) is 0 Å². The highest BCUT2D eigenvalue weighted by atomic mass is 31.2. The van der Waals surface area contributed by atoms with Crippen LogP contribution < -0.4 is 0 Å². The molecule has 0 aromatic rings. The number of hydrogen-bond donors (Lipinski definition) is 2. The third-order valence-corrected chi connectivity index (χ3v) is 2.98. The van der Waals surface area contributed by atoms with Crippen LogP contribution in [0.25, 0.3) is 0 Å². The van der Waals surface area contributed by atoms with E-state index in [1.165, 1.54) is 21.0 Å². The molecule has 0 aliphatic rings. The Kier molecular flexibility index (Phi) is 4.37. The molecule has 0 aliphatic carbocycles. The maximum atomic E-state index is 10.8. The van der Waals surface area contributed by atoms with Crippen molar-refractivity contribution in [2.45, 2.75) is 19.2 Å². The average molecular weight is 198 g/mol. The van der Waals surface area contributed by atoms with E-state index in [2.05, 4.69) is 4.74 Å². The smallest absolute Gasteiger partial charge is 0.356 e. The fraction of sp³-hybridized carbons (Fsp3) is 1.00. The van der Waals surface area contributed by atoms with Gasteiger partial charge in [-0.2, -0.15) is 0 Å². The van der Waals surface area contributed by atoms with Gasteiger partial charge in [0, 0.05) is 7.11 Å². The van der Waals surface area contributed by atoms with Gasteiger partial charge in [0.05, 0.1) is 13.2 Å². The predicted octanol–water partition coefficient (Wildman–Crippen LogP) is 0.563. The fourth-order valence-corrected chi connectivity index (χ4v) is 0.718. The Morgan fingerprint density at radius 2 is 1.83 bits per heavy atom. The summed E-state index contributed by atoms with van der Waals surface area (Å²) >= 11 is 0. The highest BCUT2D eigenvalue weighted by Gasteiger charge is 2.38. The van der Waals surface area contributed by atoms with Crippen LogP contribution >= 0.6 is 7.60 Å². The van der Waals surface area contributed by atoms with Crippen molar-refractivity contribution in [2.24, 2.45) is 0 Å². The van der Waals surface area contributed by atoms with E-state index in [0.29, 0.717) is 6.61 Å². The third kappa shape index (κ3) is 3.65. The molecule has 0 aliphatic heterocycles. The molecule has 0 bridgehead atoms. The van der Waals surface area contributed by atoms with Crippen LogP contribution in [0.2, 0.25) is 0 Å². The van der Waals surface area contributed by atoms with Crippen LogP contribution in [0, 0.1) is 0 Å². The van der Waals surface area contributed by atoms with E-state index >= 15 is 0 Å². The molecule has 0 radical (unpaired) electrons. The molecule has 0 saturated heterocycles. The Morgan fingerprint density at radius 3 is 2.17 bits per heavy atom. The second-order valence-corrected chi connectivity index (χ2v) is 5.00. The molecule has 0 rings (SSSR count). The maximum absolute atomic E-state index is 10.8. The first kappa shape index (κ1) is 12.1. The molecule has 12 heavy (non-hydrogen) atoms. The highest BCUT2D eigenvalue weighted by Crippen LogP contribution is 2.50. The van der Waals surface area contributed by atoms with Gasteiger partial charge in [-0.25, -0.2) is 0 Å². The van der Waals surface area contributed by atoms with Crippen molar-refractivity contribution in [2.75, 3.05) is 20.3 Å². The summed E-state index contributed by atoms with van der Waals surface area (Å²) < 4.78 is 20.4. The van der Waals surface area contributed by atoms with E-state index < -0.39 is 12.9 Å². The minimum atomic E-state index is -4.19. The SMILES string of the molecule is COCCOC(C)(C)P(=O)(O)O. The molecular formula is C6H15O5P. The summed E-state index contributed by atoms with van der Waals surface area (Å²) in [7, 11) is -2.69. The number of methoxy groups -OCH3 is 1. The van der Waals surface area contributed by atoms with Crippen molar-refractivity contribution in [1.29, 1.82) is 0 Å². The largest absolute Gasteiger partial charge is 0.382 e. The molecule has 0 heterocycles. The van der Waals surface area contributed by atoms with Crippen LogP contribution in [-0.4, -0.2) is 35.5 Å². The molecular weight excluding hydrogens is 183 g/mol. The first-order valence-corrected chi connectivity index (χ1v) is 5.11. The van der Waals surface area contributed by atoms with Crippen LogP contribution in [0.4, 0.5) is 0 Å². The van der Waals surface area contributed by atoms with Gasteiger partial charge in [0.1, 0.15) is 0 Å². The Hall–Kier alpha value is 0.0700. The van der Waals surface area contributed by atoms with E-state index in [1.54, 1.807) is 0 Å². The lowest BCUT2D eigenvalue weighted by molar-refractivity contribution is -0.00356. The third-order valence-electron chi connectivity index (χ3n) is 1.44. The van der Waals surface area contributed by atoms with E-state index in [1.807, 2.05) is 0 Å². The normalized spacial score (nSPS) is 13.4. The lowest BCUT2D eigenvalue weighted by atomic mass is 10.5. The molecule has 0 amide bonds. The molecule has 2 N–H and O–H groups in total. The lowest BCUT2D eigenvalue weighted by Gasteiger charge is -2.25. The quantitative estimate of drug-likeness (QED) is 0.498. The minimum Gasteiger partial charge on any atom is -0.382 e. The van der Waals surface area contributed by atoms with Gasteiger partial charge in [0.15, 0.2) is 5.34 Å². The first-order valence-electron chi connectivity index (χ1n) is 3.50. The van der Waals surface area contributed by atoms with Crippen molar-refractivity contribution < 1.29 is 23.8 Å². The predicted molar refractivity (Wildman–Crippen MR) is 44.0 cm³/mol. The first-order chi connectivity index (χ1) is 5.31. The van der Waals surface area contributed by atoms with Crippen LogP contribution in [0.5, 0.6) is 0 Å². The molecule has 0 aromatic heterocycles. The fourth-order valence-electron chi connectivity index (χ4n) is 0.459. The van der Waals surface area contributed by atoms with Crippen LogP contribution in [0.1, 0.15) is 13.8 Å². The van der Waals surface area contributed by atoms with Gasteiger partial charge in [0.2, 0.25) is 0 Å². The van der Waals surface area contributed by atoms with Crippen molar-refractivity contribution >= 4 is 7.60 Å². The summed E-state index contributed by atoms with van der Waals surface area (Å²) in [5.74, 6) is 0. The maximum Gasteiger partial charge on any atom is 0.356 e. The number of rotatable bonds is 5. The van der Waals surface area contributed by atoms with Crippen molar-refractivity contribution in [3.63, 3.8) is 0 Å². The molecule has 0 unspecified atom stereocenters. The molecule has 0 saturated carbocycles. The number of hydrogen-bond acceptors (Lipinski definition) is 3. The summed E-state index contributed by atoms with van der Waals surface area (Å²) in [4.78, 5) is 17.6. The zero-order valence-electron chi connectivity index (χ0n) is 7.48. The average Bonchev–Trinajstić information content (AvgIpc) is 1.85. The van der Waals surface area contributed by atoms with E-state index in [4.69, 9.17) is 14.5 Å². The topological polar surface area (TPSA) is 76.0 Å². The Morgan fingerprint density at radius 1 is 1.33 bits per heavy atom. The zero-order valence-corrected chi connectivity index (χ0v) is 8.38. The summed E-state index contributed by atoms with van der Waals surface area (Å²) in [5.41, 5.74) is 0.